The first-order valence-corrected chi connectivity index (χ1v) is 8.25. The molecule has 0 atom stereocenters. The van der Waals surface area contributed by atoms with Crippen molar-refractivity contribution < 1.29 is 4.79 Å². The van der Waals surface area contributed by atoms with Crippen molar-refractivity contribution in [3.05, 3.63) is 27.7 Å². The van der Waals surface area contributed by atoms with Crippen molar-refractivity contribution in [3.63, 3.8) is 0 Å². The van der Waals surface area contributed by atoms with Crippen LogP contribution in [0.5, 0.6) is 0 Å². The van der Waals surface area contributed by atoms with Crippen LogP contribution in [0.4, 0.5) is 0 Å². The number of hydrogen-bond acceptors (Lipinski definition) is 3. The van der Waals surface area contributed by atoms with E-state index < -0.39 is 0 Å². The van der Waals surface area contributed by atoms with Gasteiger partial charge in [0.05, 0.1) is 5.56 Å². The first-order chi connectivity index (χ1) is 9.24. The van der Waals surface area contributed by atoms with Crippen LogP contribution in [0.3, 0.4) is 0 Å². The van der Waals surface area contributed by atoms with E-state index in [0.29, 0.717) is 6.04 Å². The monoisotopic (exact) mass is 338 g/mol. The lowest BCUT2D eigenvalue weighted by Gasteiger charge is -2.22. The summed E-state index contributed by atoms with van der Waals surface area (Å²) in [5.41, 5.74) is 0.749. The number of carbonyl (C=O) groups is 1. The molecule has 1 saturated carbocycles. The lowest BCUT2D eigenvalue weighted by Crippen LogP contribution is -2.36. The highest BCUT2D eigenvalue weighted by Crippen LogP contribution is 2.27. The molecule has 100 valence electrons. The molecule has 2 aromatic rings. The second-order valence-electron chi connectivity index (χ2n) is 4.96. The van der Waals surface area contributed by atoms with Gasteiger partial charge in [-0.2, -0.15) is 0 Å². The molecule has 0 unspecified atom stereocenters. The number of aromatic nitrogens is 1. The van der Waals surface area contributed by atoms with Crippen molar-refractivity contribution in [3.8, 4) is 0 Å². The summed E-state index contributed by atoms with van der Waals surface area (Å²) in [5, 5.41) is 6.00. The van der Waals surface area contributed by atoms with Gasteiger partial charge in [-0.3, -0.25) is 4.79 Å². The lowest BCUT2D eigenvalue weighted by atomic mass is 9.95. The molecule has 1 aliphatic rings. The highest BCUT2D eigenvalue weighted by Gasteiger charge is 2.19. The fraction of sp³-hybridized carbons (Fsp3) is 0.429. The van der Waals surface area contributed by atoms with E-state index in [1.54, 1.807) is 6.20 Å². The minimum atomic E-state index is 0.0399. The standard InChI is InChI=1S/C14H15BrN2OS/c15-9-6-11-12(8-19-14(11)16-7-9)13(18)17-10-4-2-1-3-5-10/h6-8,10H,1-5H2,(H,17,18). The van der Waals surface area contributed by atoms with E-state index in [0.717, 1.165) is 33.1 Å². The van der Waals surface area contributed by atoms with Gasteiger partial charge in [-0.25, -0.2) is 4.98 Å². The van der Waals surface area contributed by atoms with E-state index in [4.69, 9.17) is 0 Å². The van der Waals surface area contributed by atoms with E-state index in [1.165, 1.54) is 30.6 Å². The third-order valence-electron chi connectivity index (χ3n) is 3.58. The summed E-state index contributed by atoms with van der Waals surface area (Å²) in [6, 6.07) is 2.31. The number of nitrogens with zero attached hydrogens (tertiary/aromatic N) is 1. The van der Waals surface area contributed by atoms with Crippen LogP contribution in [0.25, 0.3) is 10.2 Å². The van der Waals surface area contributed by atoms with Gasteiger partial charge < -0.3 is 5.32 Å². The summed E-state index contributed by atoms with van der Waals surface area (Å²) >= 11 is 4.93. The van der Waals surface area contributed by atoms with Crippen LogP contribution >= 0.6 is 27.3 Å². The lowest BCUT2D eigenvalue weighted by molar-refractivity contribution is 0.0930. The normalized spacial score (nSPS) is 16.7. The Balaban J connectivity index is 1.82. The summed E-state index contributed by atoms with van der Waals surface area (Å²) in [4.78, 5) is 17.6. The highest BCUT2D eigenvalue weighted by atomic mass is 79.9. The predicted octanol–water partition coefficient (Wildman–Crippen LogP) is 4.12. The maximum atomic E-state index is 12.4. The smallest absolute Gasteiger partial charge is 0.253 e. The fourth-order valence-corrected chi connectivity index (χ4v) is 3.78. The van der Waals surface area contributed by atoms with Crippen LogP contribution in [0, 0.1) is 0 Å². The number of nitrogens with one attached hydrogen (secondary N) is 1. The molecule has 0 saturated heterocycles. The molecular weight excluding hydrogens is 324 g/mol. The molecule has 0 aliphatic heterocycles. The van der Waals surface area contributed by atoms with Gasteiger partial charge in [0, 0.05) is 27.5 Å². The predicted molar refractivity (Wildman–Crippen MR) is 81.7 cm³/mol. The summed E-state index contributed by atoms with van der Waals surface area (Å²) in [7, 11) is 0. The first kappa shape index (κ1) is 13.1. The van der Waals surface area contributed by atoms with Gasteiger partial charge in [0.15, 0.2) is 0 Å². The largest absolute Gasteiger partial charge is 0.349 e. The van der Waals surface area contributed by atoms with Gasteiger partial charge in [-0.05, 0) is 34.8 Å². The Kier molecular flexibility index (Phi) is 3.84. The van der Waals surface area contributed by atoms with Gasteiger partial charge >= 0.3 is 0 Å². The number of amides is 1. The highest BCUT2D eigenvalue weighted by molar-refractivity contribution is 9.10. The molecule has 0 radical (unpaired) electrons. The molecule has 1 N–H and O–H groups in total. The van der Waals surface area contributed by atoms with Gasteiger partial charge in [0.25, 0.3) is 5.91 Å². The van der Waals surface area contributed by atoms with Crippen molar-refractivity contribution >= 4 is 43.4 Å². The van der Waals surface area contributed by atoms with Crippen LogP contribution in [-0.2, 0) is 0 Å². The number of thiophene rings is 1. The van der Waals surface area contributed by atoms with E-state index in [1.807, 2.05) is 11.4 Å². The number of rotatable bonds is 2. The average Bonchev–Trinajstić information content (AvgIpc) is 2.82. The second kappa shape index (κ2) is 5.59. The summed E-state index contributed by atoms with van der Waals surface area (Å²) in [6.07, 6.45) is 7.72. The van der Waals surface area contributed by atoms with Crippen molar-refractivity contribution in [1.82, 2.24) is 10.3 Å². The Bertz CT molecular complexity index is 605. The molecule has 0 spiro atoms. The van der Waals surface area contributed by atoms with Crippen molar-refractivity contribution in [2.24, 2.45) is 0 Å². The van der Waals surface area contributed by atoms with Gasteiger partial charge in [0.2, 0.25) is 0 Å². The number of hydrogen-bond donors (Lipinski definition) is 1. The Labute approximate surface area is 124 Å². The maximum absolute atomic E-state index is 12.4. The first-order valence-electron chi connectivity index (χ1n) is 6.57. The van der Waals surface area contributed by atoms with Crippen molar-refractivity contribution in [1.29, 1.82) is 0 Å². The Morgan fingerprint density at radius 3 is 2.95 bits per heavy atom. The molecule has 1 aliphatic carbocycles. The Hall–Kier alpha value is -0.940. The van der Waals surface area contributed by atoms with Crippen molar-refractivity contribution in [2.75, 3.05) is 0 Å². The molecule has 0 bridgehead atoms. The van der Waals surface area contributed by atoms with E-state index in [2.05, 4.69) is 26.2 Å². The van der Waals surface area contributed by atoms with Gasteiger partial charge in [0.1, 0.15) is 4.83 Å². The molecule has 2 aromatic heterocycles. The molecule has 19 heavy (non-hydrogen) atoms. The van der Waals surface area contributed by atoms with E-state index in [9.17, 15) is 4.79 Å². The third-order valence-corrected chi connectivity index (χ3v) is 4.92. The summed E-state index contributed by atoms with van der Waals surface area (Å²) in [5.74, 6) is 0.0399. The topological polar surface area (TPSA) is 42.0 Å². The van der Waals surface area contributed by atoms with Crippen LogP contribution in [-0.4, -0.2) is 16.9 Å². The number of fused-ring (bicyclic) bond motifs is 1. The van der Waals surface area contributed by atoms with Gasteiger partial charge in [-0.1, -0.05) is 19.3 Å². The summed E-state index contributed by atoms with van der Waals surface area (Å²) in [6.45, 7) is 0. The molecule has 0 aromatic carbocycles. The van der Waals surface area contributed by atoms with Crippen LogP contribution in [0.1, 0.15) is 42.5 Å². The number of pyridine rings is 1. The molecule has 1 fully saturated rings. The zero-order valence-corrected chi connectivity index (χ0v) is 12.9. The zero-order valence-electron chi connectivity index (χ0n) is 10.5. The minimum Gasteiger partial charge on any atom is -0.349 e. The fourth-order valence-electron chi connectivity index (χ4n) is 2.58. The molecule has 5 heteroatoms. The number of halogens is 1. The Morgan fingerprint density at radius 2 is 2.16 bits per heavy atom. The van der Waals surface area contributed by atoms with E-state index in [-0.39, 0.29) is 5.91 Å². The molecular formula is C14H15BrN2OS. The van der Waals surface area contributed by atoms with E-state index >= 15 is 0 Å². The minimum absolute atomic E-state index is 0.0399. The maximum Gasteiger partial charge on any atom is 0.253 e. The molecule has 2 heterocycles. The third kappa shape index (κ3) is 2.82. The summed E-state index contributed by atoms with van der Waals surface area (Å²) < 4.78 is 0.908. The zero-order chi connectivity index (χ0) is 13.2. The Morgan fingerprint density at radius 1 is 1.37 bits per heavy atom. The molecule has 1 amide bonds. The molecule has 3 nitrogen and oxygen atoms in total. The quantitative estimate of drug-likeness (QED) is 0.894. The molecule has 3 rings (SSSR count). The van der Waals surface area contributed by atoms with Crippen LogP contribution < -0.4 is 5.32 Å². The number of carbonyl (C=O) groups excluding carboxylic acids is 1. The SMILES string of the molecule is O=C(NC1CCCCC1)c1csc2ncc(Br)cc12. The van der Waals surface area contributed by atoms with Crippen LogP contribution in [0.2, 0.25) is 0 Å². The van der Waals surface area contributed by atoms with Crippen LogP contribution in [0.15, 0.2) is 22.1 Å². The average molecular weight is 339 g/mol. The van der Waals surface area contributed by atoms with Gasteiger partial charge in [-0.15, -0.1) is 11.3 Å². The van der Waals surface area contributed by atoms with Crippen molar-refractivity contribution in [2.45, 2.75) is 38.1 Å². The second-order valence-corrected chi connectivity index (χ2v) is 6.74.